The van der Waals surface area contributed by atoms with Crippen LogP contribution >= 0.6 is 0 Å². The van der Waals surface area contributed by atoms with E-state index in [-0.39, 0.29) is 0 Å². The molecule has 0 aliphatic carbocycles. The van der Waals surface area contributed by atoms with Crippen LogP contribution in [0.4, 0.5) is 0 Å². The average Bonchev–Trinajstić information content (AvgIpc) is 3.82. The maximum Gasteiger partial charge on any atom is 0.136 e. The van der Waals surface area contributed by atoms with E-state index < -0.39 is 0 Å². The van der Waals surface area contributed by atoms with Gasteiger partial charge in [-0.1, -0.05) is 42.5 Å². The molecule has 0 N–H and O–H groups in total. The van der Waals surface area contributed by atoms with E-state index in [4.69, 9.17) is 17.7 Å². The number of hydrogen-bond acceptors (Lipinski definition) is 4. The minimum Gasteiger partial charge on any atom is -0.464 e. The first-order chi connectivity index (χ1) is 19.8. The molecule has 4 heterocycles. The molecule has 0 unspecified atom stereocenters. The molecule has 9 aromatic rings. The van der Waals surface area contributed by atoms with Crippen molar-refractivity contribution in [3.63, 3.8) is 0 Å². The summed E-state index contributed by atoms with van der Waals surface area (Å²) >= 11 is 0. The van der Waals surface area contributed by atoms with E-state index in [0.717, 1.165) is 88.6 Å². The summed E-state index contributed by atoms with van der Waals surface area (Å²) in [5.74, 6) is 3.27. The lowest BCUT2D eigenvalue weighted by Crippen LogP contribution is -1.93. The average molecular weight is 517 g/mol. The predicted molar refractivity (Wildman–Crippen MR) is 158 cm³/mol. The van der Waals surface area contributed by atoms with Gasteiger partial charge < -0.3 is 17.7 Å². The molecule has 0 radical (unpaired) electrons. The standard InChI is InChI=1S/C36H20O4/c1-2-7-30-21(6-1)18-34(40-30)29-20-28(33-10-5-17-39-33)24-12-11-22-26(31-8-3-15-37-31)19-27(32-9-4-16-38-32)23-13-14-25(29)36(24)35(22)23/h1-20H. The summed E-state index contributed by atoms with van der Waals surface area (Å²) in [5.41, 5.74) is 4.94. The van der Waals surface area contributed by atoms with Crippen LogP contribution in [0.3, 0.4) is 0 Å². The molecule has 40 heavy (non-hydrogen) atoms. The van der Waals surface area contributed by atoms with Gasteiger partial charge in [-0.3, -0.25) is 0 Å². The molecule has 0 saturated carbocycles. The lowest BCUT2D eigenvalue weighted by molar-refractivity contribution is 0.581. The Labute approximate surface area is 228 Å². The van der Waals surface area contributed by atoms with E-state index in [1.807, 2.05) is 54.6 Å². The summed E-state index contributed by atoms with van der Waals surface area (Å²) in [5, 5.41) is 7.84. The zero-order valence-electron chi connectivity index (χ0n) is 21.2. The number of hydrogen-bond donors (Lipinski definition) is 0. The number of benzene rings is 5. The molecule has 0 amide bonds. The van der Waals surface area contributed by atoms with Crippen LogP contribution in [0, 0.1) is 0 Å². The first-order valence-corrected chi connectivity index (χ1v) is 13.2. The Morgan fingerprint density at radius 1 is 0.375 bits per heavy atom. The van der Waals surface area contributed by atoms with Crippen LogP contribution in [0.1, 0.15) is 0 Å². The van der Waals surface area contributed by atoms with Gasteiger partial charge in [0.25, 0.3) is 0 Å². The van der Waals surface area contributed by atoms with Crippen LogP contribution in [0.5, 0.6) is 0 Å². The van der Waals surface area contributed by atoms with E-state index in [1.165, 1.54) is 0 Å². The van der Waals surface area contributed by atoms with Crippen LogP contribution in [-0.2, 0) is 0 Å². The van der Waals surface area contributed by atoms with Gasteiger partial charge in [0, 0.05) is 27.6 Å². The Bertz CT molecular complexity index is 2210. The maximum absolute atomic E-state index is 6.42. The molecule has 4 nitrogen and oxygen atoms in total. The van der Waals surface area contributed by atoms with Crippen molar-refractivity contribution >= 4 is 43.3 Å². The van der Waals surface area contributed by atoms with Crippen LogP contribution < -0.4 is 0 Å². The number of furan rings is 4. The summed E-state index contributed by atoms with van der Waals surface area (Å²) in [4.78, 5) is 0. The lowest BCUT2D eigenvalue weighted by atomic mass is 9.84. The van der Waals surface area contributed by atoms with Crippen LogP contribution in [-0.4, -0.2) is 0 Å². The quantitative estimate of drug-likeness (QED) is 0.218. The van der Waals surface area contributed by atoms with E-state index in [0.29, 0.717) is 0 Å². The third-order valence-electron chi connectivity index (χ3n) is 7.95. The molecule has 0 fully saturated rings. The maximum atomic E-state index is 6.42. The largest absolute Gasteiger partial charge is 0.464 e. The molecular formula is C36H20O4. The van der Waals surface area contributed by atoms with E-state index in [1.54, 1.807) is 18.8 Å². The zero-order valence-corrected chi connectivity index (χ0v) is 21.2. The van der Waals surface area contributed by atoms with Crippen molar-refractivity contribution in [2.75, 3.05) is 0 Å². The van der Waals surface area contributed by atoms with Crippen LogP contribution in [0.15, 0.2) is 140 Å². The van der Waals surface area contributed by atoms with Crippen LogP contribution in [0.25, 0.3) is 88.6 Å². The highest BCUT2D eigenvalue weighted by molar-refractivity contribution is 6.31. The Kier molecular flexibility index (Phi) is 4.30. The molecule has 0 saturated heterocycles. The predicted octanol–water partition coefficient (Wildman–Crippen LogP) is 10.8. The van der Waals surface area contributed by atoms with Gasteiger partial charge in [0.05, 0.1) is 18.8 Å². The molecule has 0 atom stereocenters. The zero-order chi connectivity index (χ0) is 26.2. The molecule has 0 aliphatic heterocycles. The summed E-state index contributed by atoms with van der Waals surface area (Å²) < 4.78 is 24.2. The third-order valence-corrected chi connectivity index (χ3v) is 7.95. The molecule has 4 aromatic heterocycles. The Hall–Kier alpha value is -5.48. The Morgan fingerprint density at radius 3 is 1.25 bits per heavy atom. The number of para-hydroxylation sites is 1. The summed E-state index contributed by atoms with van der Waals surface area (Å²) in [7, 11) is 0. The van der Waals surface area contributed by atoms with Gasteiger partial charge in [-0.2, -0.15) is 0 Å². The minimum atomic E-state index is 0.813. The molecular weight excluding hydrogens is 496 g/mol. The molecule has 0 aliphatic rings. The fraction of sp³-hybridized carbons (Fsp3) is 0. The highest BCUT2D eigenvalue weighted by Crippen LogP contribution is 2.48. The lowest BCUT2D eigenvalue weighted by Gasteiger charge is -2.19. The van der Waals surface area contributed by atoms with Gasteiger partial charge in [0.2, 0.25) is 0 Å². The molecule has 0 bridgehead atoms. The fourth-order valence-corrected chi connectivity index (χ4v) is 6.22. The van der Waals surface area contributed by atoms with E-state index in [9.17, 15) is 0 Å². The second-order valence-corrected chi connectivity index (χ2v) is 10.1. The smallest absolute Gasteiger partial charge is 0.136 e. The molecule has 4 heteroatoms. The number of fused-ring (bicyclic) bond motifs is 1. The van der Waals surface area contributed by atoms with Gasteiger partial charge >= 0.3 is 0 Å². The number of rotatable bonds is 4. The molecule has 5 aromatic carbocycles. The van der Waals surface area contributed by atoms with Crippen molar-refractivity contribution in [1.29, 1.82) is 0 Å². The highest BCUT2D eigenvalue weighted by Gasteiger charge is 2.23. The minimum absolute atomic E-state index is 0.813. The van der Waals surface area contributed by atoms with Gasteiger partial charge in [-0.05, 0) is 93.0 Å². The third kappa shape index (κ3) is 2.96. The Balaban J connectivity index is 1.49. The Morgan fingerprint density at radius 2 is 0.825 bits per heavy atom. The van der Waals surface area contributed by atoms with E-state index >= 15 is 0 Å². The van der Waals surface area contributed by atoms with Crippen molar-refractivity contribution in [1.82, 2.24) is 0 Å². The molecule has 9 rings (SSSR count). The second-order valence-electron chi connectivity index (χ2n) is 10.1. The summed E-state index contributed by atoms with van der Waals surface area (Å²) in [6.45, 7) is 0. The monoisotopic (exact) mass is 516 g/mol. The van der Waals surface area contributed by atoms with Crippen molar-refractivity contribution in [3.8, 4) is 45.3 Å². The van der Waals surface area contributed by atoms with Gasteiger partial charge in [-0.15, -0.1) is 0 Å². The van der Waals surface area contributed by atoms with Crippen molar-refractivity contribution in [3.05, 3.63) is 122 Å². The van der Waals surface area contributed by atoms with Crippen molar-refractivity contribution < 1.29 is 17.7 Å². The van der Waals surface area contributed by atoms with Gasteiger partial charge in [0.15, 0.2) is 0 Å². The highest BCUT2D eigenvalue weighted by atomic mass is 16.3. The fourth-order valence-electron chi connectivity index (χ4n) is 6.22. The summed E-state index contributed by atoms with van der Waals surface area (Å²) in [6, 6.07) is 35.2. The molecule has 0 spiro atoms. The van der Waals surface area contributed by atoms with Crippen molar-refractivity contribution in [2.24, 2.45) is 0 Å². The van der Waals surface area contributed by atoms with Gasteiger partial charge in [-0.25, -0.2) is 0 Å². The first-order valence-electron chi connectivity index (χ1n) is 13.2. The van der Waals surface area contributed by atoms with Crippen molar-refractivity contribution in [2.45, 2.75) is 0 Å². The van der Waals surface area contributed by atoms with E-state index in [2.05, 4.69) is 48.5 Å². The summed E-state index contributed by atoms with van der Waals surface area (Å²) in [6.07, 6.45) is 5.15. The second kappa shape index (κ2) is 8.01. The van der Waals surface area contributed by atoms with Crippen LogP contribution in [0.2, 0.25) is 0 Å². The normalized spacial score (nSPS) is 12.0. The van der Waals surface area contributed by atoms with Gasteiger partial charge in [0.1, 0.15) is 28.6 Å². The topological polar surface area (TPSA) is 52.6 Å². The SMILES string of the molecule is c1coc(-c2cc(-c3ccco3)c3ccc4c(-c5cc6ccccc6o5)cc(-c5ccco5)c5ccc2c3c54)c1. The molecule has 188 valence electrons. The first kappa shape index (κ1) is 21.5.